The van der Waals surface area contributed by atoms with E-state index in [1.165, 1.54) is 11.1 Å². The molecule has 1 aliphatic carbocycles. The third kappa shape index (κ3) is 4.80. The van der Waals surface area contributed by atoms with Crippen molar-refractivity contribution in [2.75, 3.05) is 14.1 Å². The molecule has 3 rings (SSSR count). The molecule has 3 heteroatoms. The summed E-state index contributed by atoms with van der Waals surface area (Å²) >= 11 is 0. The second kappa shape index (κ2) is 8.61. The van der Waals surface area contributed by atoms with Crippen LogP contribution in [0.2, 0.25) is 0 Å². The third-order valence-electron chi connectivity index (χ3n) is 5.40. The van der Waals surface area contributed by atoms with E-state index in [2.05, 4.69) is 43.3 Å². The first-order valence-electron chi connectivity index (χ1n) is 9.51. The molecule has 2 aromatic carbocycles. The van der Waals surface area contributed by atoms with E-state index in [4.69, 9.17) is 0 Å². The number of rotatable bonds is 6. The number of benzene rings is 2. The lowest BCUT2D eigenvalue weighted by Gasteiger charge is -2.33. The Kier molecular flexibility index (Phi) is 6.23. The summed E-state index contributed by atoms with van der Waals surface area (Å²) in [6.07, 6.45) is 2.31. The van der Waals surface area contributed by atoms with Gasteiger partial charge in [0.1, 0.15) is 5.78 Å². The SMILES string of the molecule is CN(C)Cc1ccc(C2CCC(O)C(C(=O)Cc3ccccc3)C2)cc1. The van der Waals surface area contributed by atoms with Crippen molar-refractivity contribution in [1.29, 1.82) is 0 Å². The topological polar surface area (TPSA) is 40.5 Å². The lowest BCUT2D eigenvalue weighted by Crippen LogP contribution is -2.35. The molecule has 0 aromatic heterocycles. The minimum absolute atomic E-state index is 0.164. The number of nitrogens with zero attached hydrogens (tertiary/aromatic N) is 1. The Balaban J connectivity index is 1.66. The number of hydrogen-bond acceptors (Lipinski definition) is 3. The summed E-state index contributed by atoms with van der Waals surface area (Å²) in [5, 5.41) is 10.4. The average molecular weight is 351 g/mol. The maximum absolute atomic E-state index is 12.8. The molecule has 0 saturated heterocycles. The number of hydrogen-bond donors (Lipinski definition) is 1. The third-order valence-corrected chi connectivity index (χ3v) is 5.40. The van der Waals surface area contributed by atoms with Crippen LogP contribution in [0.25, 0.3) is 0 Å². The molecular formula is C23H29NO2. The molecular weight excluding hydrogens is 322 g/mol. The highest BCUT2D eigenvalue weighted by Gasteiger charge is 2.34. The molecule has 1 aliphatic rings. The molecule has 1 N–H and O–H groups in total. The van der Waals surface area contributed by atoms with E-state index < -0.39 is 6.10 Å². The van der Waals surface area contributed by atoms with E-state index in [1.54, 1.807) is 0 Å². The summed E-state index contributed by atoms with van der Waals surface area (Å²) in [6, 6.07) is 18.6. The van der Waals surface area contributed by atoms with Crippen LogP contribution < -0.4 is 0 Å². The van der Waals surface area contributed by atoms with Gasteiger partial charge in [-0.05, 0) is 56.0 Å². The summed E-state index contributed by atoms with van der Waals surface area (Å²) in [5.41, 5.74) is 3.61. The normalized spacial score (nSPS) is 23.2. The van der Waals surface area contributed by atoms with Gasteiger partial charge >= 0.3 is 0 Å². The number of carbonyl (C=O) groups is 1. The predicted octanol–water partition coefficient (Wildman–Crippen LogP) is 3.80. The van der Waals surface area contributed by atoms with Crippen LogP contribution in [0.3, 0.4) is 0 Å². The van der Waals surface area contributed by atoms with E-state index in [9.17, 15) is 9.90 Å². The molecule has 1 saturated carbocycles. The van der Waals surface area contributed by atoms with Crippen molar-refractivity contribution in [2.24, 2.45) is 5.92 Å². The second-order valence-corrected chi connectivity index (χ2v) is 7.79. The average Bonchev–Trinajstić information content (AvgIpc) is 2.63. The zero-order valence-corrected chi connectivity index (χ0v) is 15.8. The van der Waals surface area contributed by atoms with E-state index in [0.29, 0.717) is 18.8 Å². The van der Waals surface area contributed by atoms with Crippen LogP contribution in [0.1, 0.15) is 41.9 Å². The summed E-state index contributed by atoms with van der Waals surface area (Å²) < 4.78 is 0. The van der Waals surface area contributed by atoms with Gasteiger partial charge in [0.05, 0.1) is 6.10 Å². The Labute approximate surface area is 156 Å². The monoisotopic (exact) mass is 351 g/mol. The van der Waals surface area contributed by atoms with Crippen molar-refractivity contribution in [3.05, 3.63) is 71.3 Å². The van der Waals surface area contributed by atoms with Crippen LogP contribution in [0.15, 0.2) is 54.6 Å². The Morgan fingerprint density at radius 3 is 2.35 bits per heavy atom. The van der Waals surface area contributed by atoms with Crippen LogP contribution >= 0.6 is 0 Å². The molecule has 26 heavy (non-hydrogen) atoms. The Morgan fingerprint density at radius 1 is 1.00 bits per heavy atom. The maximum Gasteiger partial charge on any atom is 0.142 e. The van der Waals surface area contributed by atoms with Crippen LogP contribution in [0, 0.1) is 5.92 Å². The van der Waals surface area contributed by atoms with Gasteiger partial charge < -0.3 is 10.0 Å². The van der Waals surface area contributed by atoms with Gasteiger partial charge in [-0.1, -0.05) is 54.6 Å². The number of aliphatic hydroxyl groups excluding tert-OH is 1. The van der Waals surface area contributed by atoms with Crippen molar-refractivity contribution in [1.82, 2.24) is 4.90 Å². The quantitative estimate of drug-likeness (QED) is 0.860. The molecule has 2 aromatic rings. The number of ketones is 1. The Morgan fingerprint density at radius 2 is 1.69 bits per heavy atom. The van der Waals surface area contributed by atoms with Gasteiger partial charge in [-0.2, -0.15) is 0 Å². The zero-order valence-electron chi connectivity index (χ0n) is 15.8. The van der Waals surface area contributed by atoms with Crippen LogP contribution in [0.4, 0.5) is 0 Å². The number of Topliss-reactive ketones (excluding diaryl/α,β-unsaturated/α-hetero) is 1. The van der Waals surface area contributed by atoms with Gasteiger partial charge in [-0.15, -0.1) is 0 Å². The summed E-state index contributed by atoms with van der Waals surface area (Å²) in [5.74, 6) is 0.268. The van der Waals surface area contributed by atoms with E-state index in [0.717, 1.165) is 24.9 Å². The lowest BCUT2D eigenvalue weighted by atomic mass is 9.74. The number of aliphatic hydroxyl groups is 1. The fourth-order valence-electron chi connectivity index (χ4n) is 3.99. The van der Waals surface area contributed by atoms with Crippen molar-refractivity contribution in [3.63, 3.8) is 0 Å². The van der Waals surface area contributed by atoms with Gasteiger partial charge in [-0.3, -0.25) is 4.79 Å². The first-order chi connectivity index (χ1) is 12.5. The van der Waals surface area contributed by atoms with Crippen LogP contribution in [0.5, 0.6) is 0 Å². The van der Waals surface area contributed by atoms with Gasteiger partial charge in [0.2, 0.25) is 0 Å². The molecule has 0 aliphatic heterocycles. The summed E-state index contributed by atoms with van der Waals surface area (Å²) in [4.78, 5) is 14.9. The van der Waals surface area contributed by atoms with Gasteiger partial charge in [0, 0.05) is 18.9 Å². The van der Waals surface area contributed by atoms with E-state index in [-0.39, 0.29) is 11.7 Å². The smallest absolute Gasteiger partial charge is 0.142 e. The maximum atomic E-state index is 12.8. The highest BCUT2D eigenvalue weighted by molar-refractivity contribution is 5.84. The predicted molar refractivity (Wildman–Crippen MR) is 105 cm³/mol. The minimum Gasteiger partial charge on any atom is -0.392 e. The van der Waals surface area contributed by atoms with Gasteiger partial charge in [-0.25, -0.2) is 0 Å². The van der Waals surface area contributed by atoms with E-state index >= 15 is 0 Å². The first kappa shape index (κ1) is 18.8. The summed E-state index contributed by atoms with van der Waals surface area (Å²) in [7, 11) is 4.14. The van der Waals surface area contributed by atoms with Gasteiger partial charge in [0.15, 0.2) is 0 Å². The molecule has 3 nitrogen and oxygen atoms in total. The molecule has 0 heterocycles. The van der Waals surface area contributed by atoms with Crippen molar-refractivity contribution in [3.8, 4) is 0 Å². The van der Waals surface area contributed by atoms with E-state index in [1.807, 2.05) is 30.3 Å². The lowest BCUT2D eigenvalue weighted by molar-refractivity contribution is -0.127. The first-order valence-corrected chi connectivity index (χ1v) is 9.51. The van der Waals surface area contributed by atoms with Crippen LogP contribution in [-0.2, 0) is 17.8 Å². The largest absolute Gasteiger partial charge is 0.392 e. The fraction of sp³-hybridized carbons (Fsp3) is 0.435. The van der Waals surface area contributed by atoms with Crippen molar-refractivity contribution < 1.29 is 9.90 Å². The van der Waals surface area contributed by atoms with Gasteiger partial charge in [0.25, 0.3) is 0 Å². The molecule has 0 amide bonds. The second-order valence-electron chi connectivity index (χ2n) is 7.79. The minimum atomic E-state index is -0.504. The zero-order chi connectivity index (χ0) is 18.5. The summed E-state index contributed by atoms with van der Waals surface area (Å²) in [6.45, 7) is 0.932. The van der Waals surface area contributed by atoms with Crippen molar-refractivity contribution in [2.45, 2.75) is 44.2 Å². The molecule has 138 valence electrons. The molecule has 0 bridgehead atoms. The molecule has 0 radical (unpaired) electrons. The molecule has 3 unspecified atom stereocenters. The van der Waals surface area contributed by atoms with Crippen LogP contribution in [-0.4, -0.2) is 36.0 Å². The molecule has 3 atom stereocenters. The highest BCUT2D eigenvalue weighted by atomic mass is 16.3. The Bertz CT molecular complexity index is 709. The standard InChI is InChI=1S/C23H29NO2/c1-24(2)16-18-8-10-19(11-9-18)20-12-13-22(25)21(15-20)23(26)14-17-6-4-3-5-7-17/h3-11,20-22,25H,12-16H2,1-2H3. The van der Waals surface area contributed by atoms with Crippen molar-refractivity contribution >= 4 is 5.78 Å². The Hall–Kier alpha value is -1.97. The highest BCUT2D eigenvalue weighted by Crippen LogP contribution is 2.37. The molecule has 0 spiro atoms. The molecule has 1 fully saturated rings. The number of carbonyl (C=O) groups excluding carboxylic acids is 1. The fourth-order valence-corrected chi connectivity index (χ4v) is 3.99.